The molecule has 0 bridgehead atoms. The predicted octanol–water partition coefficient (Wildman–Crippen LogP) is 5.38. The number of ether oxygens (including phenoxy) is 3. The second-order valence-corrected chi connectivity index (χ2v) is 10.1. The van der Waals surface area contributed by atoms with E-state index in [2.05, 4.69) is 44.7 Å². The minimum atomic E-state index is -0.581. The molecule has 2 aromatic carbocycles. The lowest BCUT2D eigenvalue weighted by atomic mass is 10.1. The van der Waals surface area contributed by atoms with E-state index in [4.69, 9.17) is 19.3 Å². The molecule has 196 valence electrons. The Hall–Kier alpha value is -2.87. The smallest absolute Gasteiger partial charge is 0.222 e. The summed E-state index contributed by atoms with van der Waals surface area (Å²) < 4.78 is 19.3. The van der Waals surface area contributed by atoms with Gasteiger partial charge in [0.05, 0.1) is 25.4 Å². The zero-order valence-corrected chi connectivity index (χ0v) is 22.5. The molecular weight excluding hydrogens is 454 g/mol. The summed E-state index contributed by atoms with van der Waals surface area (Å²) in [7, 11) is 3.54. The molecule has 7 heteroatoms. The molecule has 0 aliphatic heterocycles. The number of aryl methyl sites for hydroxylation is 1. The number of nitrogens with zero attached hydrogens (tertiary/aromatic N) is 3. The second-order valence-electron chi connectivity index (χ2n) is 10.1. The largest absolute Gasteiger partial charge is 0.497 e. The molecule has 0 aliphatic carbocycles. The van der Waals surface area contributed by atoms with Gasteiger partial charge in [0.25, 0.3) is 0 Å². The summed E-state index contributed by atoms with van der Waals surface area (Å²) in [6.45, 7) is 11.4. The maximum Gasteiger partial charge on any atom is 0.222 e. The van der Waals surface area contributed by atoms with Gasteiger partial charge in [-0.25, -0.2) is 4.68 Å². The van der Waals surface area contributed by atoms with Crippen molar-refractivity contribution >= 4 is 0 Å². The normalized spacial score (nSPS) is 12.5. The van der Waals surface area contributed by atoms with Gasteiger partial charge in [-0.05, 0) is 24.0 Å². The molecule has 1 N–H and O–H groups in total. The van der Waals surface area contributed by atoms with Crippen molar-refractivity contribution in [3.8, 4) is 28.6 Å². The Morgan fingerprint density at radius 1 is 0.917 bits per heavy atom. The number of benzene rings is 2. The molecule has 1 heterocycles. The molecule has 0 spiro atoms. The average molecular weight is 496 g/mol. The van der Waals surface area contributed by atoms with Crippen LogP contribution in [-0.4, -0.2) is 59.3 Å². The van der Waals surface area contributed by atoms with Crippen molar-refractivity contribution in [2.75, 3.05) is 33.4 Å². The Morgan fingerprint density at radius 3 is 2.31 bits per heavy atom. The zero-order valence-electron chi connectivity index (χ0n) is 22.5. The van der Waals surface area contributed by atoms with Gasteiger partial charge in [-0.15, -0.1) is 0 Å². The number of methoxy groups -OCH3 is 1. The van der Waals surface area contributed by atoms with Crippen LogP contribution in [0.1, 0.15) is 33.3 Å². The van der Waals surface area contributed by atoms with E-state index in [1.165, 1.54) is 0 Å². The topological polar surface area (TPSA) is 69.0 Å². The molecule has 1 aromatic heterocycles. The fourth-order valence-electron chi connectivity index (χ4n) is 4.16. The summed E-state index contributed by atoms with van der Waals surface area (Å²) in [6, 6.07) is 17.7. The molecule has 0 aliphatic rings. The fraction of sp³-hybridized carbons (Fsp3) is 0.483. The zero-order chi connectivity index (χ0) is 26.1. The van der Waals surface area contributed by atoms with Crippen LogP contribution in [0.5, 0.6) is 17.4 Å². The monoisotopic (exact) mass is 495 g/mol. The highest BCUT2D eigenvalue weighted by molar-refractivity contribution is 5.65. The van der Waals surface area contributed by atoms with Crippen LogP contribution < -0.4 is 9.47 Å². The van der Waals surface area contributed by atoms with Gasteiger partial charge in [0.15, 0.2) is 0 Å². The van der Waals surface area contributed by atoms with E-state index in [1.807, 2.05) is 49.5 Å². The van der Waals surface area contributed by atoms with E-state index >= 15 is 0 Å². The molecule has 7 nitrogen and oxygen atoms in total. The molecule has 0 saturated carbocycles. The predicted molar refractivity (Wildman–Crippen MR) is 143 cm³/mol. The molecule has 0 saturated heterocycles. The summed E-state index contributed by atoms with van der Waals surface area (Å²) in [5.74, 6) is 2.93. The maximum atomic E-state index is 10.7. The van der Waals surface area contributed by atoms with Crippen molar-refractivity contribution in [3.05, 3.63) is 60.2 Å². The van der Waals surface area contributed by atoms with Crippen LogP contribution >= 0.6 is 0 Å². The first-order valence-corrected chi connectivity index (χ1v) is 12.7. The van der Waals surface area contributed by atoms with Crippen LogP contribution in [0.25, 0.3) is 11.3 Å². The van der Waals surface area contributed by atoms with Gasteiger partial charge < -0.3 is 19.3 Å². The van der Waals surface area contributed by atoms with Gasteiger partial charge in [0.1, 0.15) is 17.2 Å². The summed E-state index contributed by atoms with van der Waals surface area (Å²) in [4.78, 5) is 2.26. The summed E-state index contributed by atoms with van der Waals surface area (Å²) in [6.07, 6.45) is -0.581. The molecule has 1 atom stereocenters. The maximum absolute atomic E-state index is 10.7. The van der Waals surface area contributed by atoms with Gasteiger partial charge >= 0.3 is 0 Å². The number of aliphatic hydroxyl groups excluding tert-OH is 1. The third-order valence-corrected chi connectivity index (χ3v) is 5.63. The van der Waals surface area contributed by atoms with Crippen LogP contribution in [0, 0.1) is 11.8 Å². The van der Waals surface area contributed by atoms with Crippen molar-refractivity contribution in [2.24, 2.45) is 18.9 Å². The SMILES string of the molecule is COc1cccc(Oc2c(CN(CC(C)C)C[C@H](O)COCC(C)C)c(-c3ccccc3)nn2C)c1. The quantitative estimate of drug-likeness (QED) is 0.324. The Bertz CT molecular complexity index is 1070. The fourth-order valence-corrected chi connectivity index (χ4v) is 4.16. The van der Waals surface area contributed by atoms with Crippen molar-refractivity contribution in [2.45, 2.75) is 40.3 Å². The van der Waals surface area contributed by atoms with Crippen molar-refractivity contribution in [1.29, 1.82) is 0 Å². The lowest BCUT2D eigenvalue weighted by Crippen LogP contribution is -2.37. The minimum absolute atomic E-state index is 0.318. The van der Waals surface area contributed by atoms with E-state index in [1.54, 1.807) is 11.8 Å². The summed E-state index contributed by atoms with van der Waals surface area (Å²) >= 11 is 0. The Balaban J connectivity index is 1.93. The van der Waals surface area contributed by atoms with E-state index < -0.39 is 6.10 Å². The third kappa shape index (κ3) is 8.08. The first-order chi connectivity index (χ1) is 17.3. The van der Waals surface area contributed by atoms with Gasteiger partial charge in [-0.1, -0.05) is 64.1 Å². The molecule has 36 heavy (non-hydrogen) atoms. The summed E-state index contributed by atoms with van der Waals surface area (Å²) in [5.41, 5.74) is 2.87. The number of rotatable bonds is 14. The van der Waals surface area contributed by atoms with Crippen LogP contribution in [0.3, 0.4) is 0 Å². The average Bonchev–Trinajstić information content (AvgIpc) is 3.14. The molecule has 0 unspecified atom stereocenters. The Labute approximate surface area is 215 Å². The molecule has 0 amide bonds. The molecule has 3 rings (SSSR count). The Kier molecular flexibility index (Phi) is 10.3. The second kappa shape index (κ2) is 13.4. The van der Waals surface area contributed by atoms with Crippen LogP contribution in [-0.2, 0) is 18.3 Å². The van der Waals surface area contributed by atoms with Crippen LogP contribution in [0.15, 0.2) is 54.6 Å². The number of hydrogen-bond acceptors (Lipinski definition) is 6. The molecular formula is C29H41N3O4. The summed E-state index contributed by atoms with van der Waals surface area (Å²) in [5, 5.41) is 15.6. The third-order valence-electron chi connectivity index (χ3n) is 5.63. The van der Waals surface area contributed by atoms with Crippen molar-refractivity contribution in [1.82, 2.24) is 14.7 Å². The van der Waals surface area contributed by atoms with E-state index in [0.29, 0.717) is 49.8 Å². The molecule has 3 aromatic rings. The number of aliphatic hydroxyl groups is 1. The molecule has 0 radical (unpaired) electrons. The highest BCUT2D eigenvalue weighted by Crippen LogP contribution is 2.35. The van der Waals surface area contributed by atoms with Gasteiger partial charge in [-0.2, -0.15) is 5.10 Å². The van der Waals surface area contributed by atoms with Gasteiger partial charge in [0, 0.05) is 44.9 Å². The van der Waals surface area contributed by atoms with Gasteiger partial charge in [0.2, 0.25) is 5.88 Å². The highest BCUT2D eigenvalue weighted by Gasteiger charge is 2.24. The van der Waals surface area contributed by atoms with E-state index in [-0.39, 0.29) is 0 Å². The minimum Gasteiger partial charge on any atom is -0.497 e. The van der Waals surface area contributed by atoms with Gasteiger partial charge in [-0.3, -0.25) is 4.90 Å². The number of aromatic nitrogens is 2. The number of hydrogen-bond donors (Lipinski definition) is 1. The Morgan fingerprint density at radius 2 is 1.64 bits per heavy atom. The van der Waals surface area contributed by atoms with Crippen LogP contribution in [0.4, 0.5) is 0 Å². The van der Waals surface area contributed by atoms with Crippen LogP contribution in [0.2, 0.25) is 0 Å². The van der Waals surface area contributed by atoms with Crippen molar-refractivity contribution < 1.29 is 19.3 Å². The standard InChI is InChI=1S/C29H41N3O4/c1-21(2)16-32(17-24(33)20-35-19-22(3)4)18-27-28(23-11-8-7-9-12-23)30-31(5)29(27)36-26-14-10-13-25(15-26)34-6/h7-15,21-22,24,33H,16-20H2,1-6H3/t24-/m0/s1. The highest BCUT2D eigenvalue weighted by atomic mass is 16.5. The van der Waals surface area contributed by atoms with E-state index in [0.717, 1.165) is 29.1 Å². The lowest BCUT2D eigenvalue weighted by molar-refractivity contribution is 0.00516. The molecule has 0 fully saturated rings. The first-order valence-electron chi connectivity index (χ1n) is 12.7. The lowest BCUT2D eigenvalue weighted by Gasteiger charge is -2.27. The van der Waals surface area contributed by atoms with E-state index in [9.17, 15) is 5.11 Å². The van der Waals surface area contributed by atoms with Crippen molar-refractivity contribution in [3.63, 3.8) is 0 Å². The first kappa shape index (κ1) is 27.7.